The molecule has 1 unspecified atom stereocenters. The minimum absolute atomic E-state index is 0.0170. The number of nitrogens with one attached hydrogen (secondary N) is 1. The molecule has 30 heavy (non-hydrogen) atoms. The van der Waals surface area contributed by atoms with Crippen LogP contribution in [0.2, 0.25) is 0 Å². The summed E-state index contributed by atoms with van der Waals surface area (Å²) >= 11 is 0. The van der Waals surface area contributed by atoms with Crippen molar-refractivity contribution in [2.75, 3.05) is 11.9 Å². The zero-order valence-electron chi connectivity index (χ0n) is 18.0. The number of hydrogen-bond donors (Lipinski definition) is 1. The van der Waals surface area contributed by atoms with Gasteiger partial charge in [-0.3, -0.25) is 9.59 Å². The number of nitrogens with zero attached hydrogens (tertiary/aromatic N) is 1. The zero-order valence-corrected chi connectivity index (χ0v) is 18.0. The van der Waals surface area contributed by atoms with Crippen molar-refractivity contribution in [1.29, 1.82) is 0 Å². The molecule has 0 radical (unpaired) electrons. The molecule has 0 spiro atoms. The topological polar surface area (TPSA) is 66.5 Å². The lowest BCUT2D eigenvalue weighted by atomic mass is 9.96. The van der Waals surface area contributed by atoms with Crippen molar-refractivity contribution in [3.8, 4) is 0 Å². The maximum atomic E-state index is 12.7. The van der Waals surface area contributed by atoms with Gasteiger partial charge < -0.3 is 15.0 Å². The Morgan fingerprint density at radius 1 is 1.07 bits per heavy atom. The highest BCUT2D eigenvalue weighted by molar-refractivity contribution is 5.91. The molecule has 2 aromatic carbocycles. The summed E-state index contributed by atoms with van der Waals surface area (Å²) in [5.41, 5.74) is 5.38. The number of benzene rings is 2. The lowest BCUT2D eigenvalue weighted by Crippen LogP contribution is -2.39. The van der Waals surface area contributed by atoms with E-state index in [1.807, 2.05) is 36.9 Å². The third kappa shape index (κ3) is 5.78. The van der Waals surface area contributed by atoms with E-state index in [-0.39, 0.29) is 29.9 Å². The smallest absolute Gasteiger partial charge is 0.226 e. The van der Waals surface area contributed by atoms with Crippen LogP contribution in [0.15, 0.2) is 42.5 Å². The van der Waals surface area contributed by atoms with Gasteiger partial charge in [0, 0.05) is 37.5 Å². The van der Waals surface area contributed by atoms with Gasteiger partial charge in [-0.15, -0.1) is 0 Å². The monoisotopic (exact) mass is 406 g/mol. The fourth-order valence-corrected chi connectivity index (χ4v) is 3.89. The molecule has 5 nitrogen and oxygen atoms in total. The number of carbonyl (C=O) groups excluding carboxylic acids is 3. The summed E-state index contributed by atoms with van der Waals surface area (Å²) in [6.07, 6.45) is 2.19. The Hall–Kier alpha value is -2.95. The van der Waals surface area contributed by atoms with E-state index >= 15 is 0 Å². The van der Waals surface area contributed by atoms with E-state index in [2.05, 4.69) is 29.6 Å². The van der Waals surface area contributed by atoms with E-state index in [4.69, 9.17) is 0 Å². The summed E-state index contributed by atoms with van der Waals surface area (Å²) in [5.74, 6) is -0.268. The maximum absolute atomic E-state index is 12.7. The van der Waals surface area contributed by atoms with Crippen LogP contribution in [0.3, 0.4) is 0 Å². The standard InChI is InChI=1S/C25H30N2O3/c1-17-4-6-20(7-5-17)8-11-24(29)26-23-10-9-21-12-13-27(16-22(21)15-23)25(30)18(2)14-19(3)28/h4-7,9-10,15,18H,8,11-14,16H2,1-3H3,(H,26,29). The molecular weight excluding hydrogens is 376 g/mol. The van der Waals surface area contributed by atoms with E-state index in [9.17, 15) is 14.4 Å². The third-order valence-corrected chi connectivity index (χ3v) is 5.59. The maximum Gasteiger partial charge on any atom is 0.226 e. The van der Waals surface area contributed by atoms with Crippen LogP contribution in [0, 0.1) is 12.8 Å². The molecule has 0 saturated carbocycles. The number of fused-ring (bicyclic) bond motifs is 1. The first-order valence-corrected chi connectivity index (χ1v) is 10.6. The minimum Gasteiger partial charge on any atom is -0.338 e. The van der Waals surface area contributed by atoms with E-state index < -0.39 is 0 Å². The largest absolute Gasteiger partial charge is 0.338 e. The SMILES string of the molecule is CC(=O)CC(C)C(=O)N1CCc2ccc(NC(=O)CCc3ccc(C)cc3)cc2C1. The number of amides is 2. The second kappa shape index (κ2) is 9.70. The van der Waals surface area contributed by atoms with Crippen LogP contribution >= 0.6 is 0 Å². The zero-order chi connectivity index (χ0) is 21.7. The van der Waals surface area contributed by atoms with Gasteiger partial charge in [-0.05, 0) is 55.5 Å². The summed E-state index contributed by atoms with van der Waals surface area (Å²) in [6, 6.07) is 14.2. The second-order valence-corrected chi connectivity index (χ2v) is 8.33. The number of hydrogen-bond acceptors (Lipinski definition) is 3. The van der Waals surface area contributed by atoms with Crippen molar-refractivity contribution in [3.63, 3.8) is 0 Å². The first-order chi connectivity index (χ1) is 14.3. The van der Waals surface area contributed by atoms with Gasteiger partial charge in [0.1, 0.15) is 5.78 Å². The molecule has 1 aliphatic heterocycles. The molecule has 0 aromatic heterocycles. The molecule has 5 heteroatoms. The van der Waals surface area contributed by atoms with Crippen molar-refractivity contribution >= 4 is 23.3 Å². The Balaban J connectivity index is 1.58. The molecule has 2 aromatic rings. The molecule has 2 amide bonds. The van der Waals surface area contributed by atoms with Crippen molar-refractivity contribution in [2.24, 2.45) is 5.92 Å². The van der Waals surface area contributed by atoms with Crippen LogP contribution in [0.25, 0.3) is 0 Å². The van der Waals surface area contributed by atoms with Crippen molar-refractivity contribution < 1.29 is 14.4 Å². The van der Waals surface area contributed by atoms with Gasteiger partial charge in [-0.2, -0.15) is 0 Å². The molecule has 1 atom stereocenters. The van der Waals surface area contributed by atoms with Crippen LogP contribution in [0.1, 0.15) is 48.9 Å². The van der Waals surface area contributed by atoms with Gasteiger partial charge >= 0.3 is 0 Å². The highest BCUT2D eigenvalue weighted by Gasteiger charge is 2.25. The third-order valence-electron chi connectivity index (χ3n) is 5.59. The Labute approximate surface area is 178 Å². The number of anilines is 1. The molecular formula is C25H30N2O3. The van der Waals surface area contributed by atoms with Gasteiger partial charge in [0.05, 0.1) is 0 Å². The molecule has 158 valence electrons. The van der Waals surface area contributed by atoms with Crippen molar-refractivity contribution in [3.05, 3.63) is 64.7 Å². The highest BCUT2D eigenvalue weighted by Crippen LogP contribution is 2.24. The van der Waals surface area contributed by atoms with E-state index in [1.54, 1.807) is 0 Å². The number of ketones is 1. The van der Waals surface area contributed by atoms with E-state index in [0.717, 1.165) is 23.2 Å². The normalized spacial score (nSPS) is 14.0. The summed E-state index contributed by atoms with van der Waals surface area (Å²) < 4.78 is 0. The van der Waals surface area contributed by atoms with E-state index in [1.165, 1.54) is 18.1 Å². The Kier molecular flexibility index (Phi) is 7.03. The summed E-state index contributed by atoms with van der Waals surface area (Å²) in [7, 11) is 0. The summed E-state index contributed by atoms with van der Waals surface area (Å²) in [4.78, 5) is 38.2. The Morgan fingerprint density at radius 3 is 2.50 bits per heavy atom. The van der Waals surface area contributed by atoms with Crippen molar-refractivity contribution in [1.82, 2.24) is 4.90 Å². The number of carbonyl (C=O) groups is 3. The average Bonchev–Trinajstić information content (AvgIpc) is 2.71. The summed E-state index contributed by atoms with van der Waals surface area (Å²) in [6.45, 7) is 6.55. The molecule has 3 rings (SSSR count). The van der Waals surface area contributed by atoms with Gasteiger partial charge in [0.15, 0.2) is 0 Å². The Bertz CT molecular complexity index is 934. The quantitative estimate of drug-likeness (QED) is 0.754. The van der Waals surface area contributed by atoms with Crippen LogP contribution in [0.5, 0.6) is 0 Å². The highest BCUT2D eigenvalue weighted by atomic mass is 16.2. The number of aryl methyl sites for hydroxylation is 2. The molecule has 1 aliphatic rings. The van der Waals surface area contributed by atoms with Crippen molar-refractivity contribution in [2.45, 2.75) is 53.0 Å². The molecule has 1 heterocycles. The number of rotatable bonds is 7. The molecule has 0 fully saturated rings. The fraction of sp³-hybridized carbons (Fsp3) is 0.400. The molecule has 0 aliphatic carbocycles. The second-order valence-electron chi connectivity index (χ2n) is 8.33. The van der Waals surface area contributed by atoms with Gasteiger partial charge in [-0.25, -0.2) is 0 Å². The van der Waals surface area contributed by atoms with Crippen LogP contribution in [-0.4, -0.2) is 29.0 Å². The average molecular weight is 407 g/mol. The lowest BCUT2D eigenvalue weighted by Gasteiger charge is -2.31. The molecule has 0 bridgehead atoms. The Morgan fingerprint density at radius 2 is 1.80 bits per heavy atom. The predicted octanol–water partition coefficient (Wildman–Crippen LogP) is 4.07. The summed E-state index contributed by atoms with van der Waals surface area (Å²) in [5, 5.41) is 2.98. The van der Waals surface area contributed by atoms with Crippen LogP contribution in [0.4, 0.5) is 5.69 Å². The predicted molar refractivity (Wildman–Crippen MR) is 118 cm³/mol. The molecule has 0 saturated heterocycles. The lowest BCUT2D eigenvalue weighted by molar-refractivity contribution is -0.138. The minimum atomic E-state index is -0.297. The molecule has 1 N–H and O–H groups in total. The number of Topliss-reactive ketones (excluding diaryl/α,β-unsaturated/α-hetero) is 1. The van der Waals surface area contributed by atoms with E-state index in [0.29, 0.717) is 25.9 Å². The fourth-order valence-electron chi connectivity index (χ4n) is 3.89. The van der Waals surface area contributed by atoms with Crippen LogP contribution in [-0.2, 0) is 33.8 Å². The van der Waals surface area contributed by atoms with Gasteiger partial charge in [-0.1, -0.05) is 42.8 Å². The first-order valence-electron chi connectivity index (χ1n) is 10.6. The van der Waals surface area contributed by atoms with Crippen LogP contribution < -0.4 is 5.32 Å². The van der Waals surface area contributed by atoms with Gasteiger partial charge in [0.25, 0.3) is 0 Å². The first kappa shape index (κ1) is 21.8. The van der Waals surface area contributed by atoms with Gasteiger partial charge in [0.2, 0.25) is 11.8 Å².